The van der Waals surface area contributed by atoms with E-state index < -0.39 is 29.6 Å². The van der Waals surface area contributed by atoms with Crippen molar-refractivity contribution >= 4 is 29.1 Å². The third-order valence-electron chi connectivity index (χ3n) is 7.77. The summed E-state index contributed by atoms with van der Waals surface area (Å²) in [5.74, 6) is -1.62. The Morgan fingerprint density at radius 3 is 2.69 bits per heavy atom. The van der Waals surface area contributed by atoms with Crippen molar-refractivity contribution in [3.63, 3.8) is 0 Å². The maximum absolute atomic E-state index is 13.7. The number of thiophene rings is 1. The number of ether oxygens (including phenoxy) is 1. The highest BCUT2D eigenvalue weighted by Gasteiger charge is 2.74. The average molecular weight is 456 g/mol. The Labute approximate surface area is 191 Å². The van der Waals surface area contributed by atoms with Gasteiger partial charge in [0.05, 0.1) is 24.5 Å². The first kappa shape index (κ1) is 20.4. The van der Waals surface area contributed by atoms with Crippen molar-refractivity contribution in [2.45, 2.75) is 81.3 Å². The molecule has 7 nitrogen and oxygen atoms in total. The molecule has 5 aliphatic rings. The summed E-state index contributed by atoms with van der Waals surface area (Å²) in [6.45, 7) is 0.440. The van der Waals surface area contributed by atoms with E-state index in [0.717, 1.165) is 43.4 Å². The van der Waals surface area contributed by atoms with E-state index in [4.69, 9.17) is 4.74 Å². The second-order valence-corrected chi connectivity index (χ2v) is 10.9. The van der Waals surface area contributed by atoms with Gasteiger partial charge in [0.25, 0.3) is 0 Å². The molecular weight excluding hydrogens is 426 g/mol. The molecule has 4 heterocycles. The number of carbonyl (C=O) groups is 3. The largest absolute Gasteiger partial charge is 0.359 e. The fraction of sp³-hybridized carbons (Fsp3) is 0.625. The van der Waals surface area contributed by atoms with Crippen LogP contribution in [0.1, 0.15) is 49.8 Å². The fourth-order valence-electron chi connectivity index (χ4n) is 6.18. The lowest BCUT2D eigenvalue weighted by Gasteiger charge is -2.34. The zero-order valence-electron chi connectivity index (χ0n) is 18.0. The van der Waals surface area contributed by atoms with Crippen molar-refractivity contribution in [3.8, 4) is 0 Å². The summed E-state index contributed by atoms with van der Waals surface area (Å²) in [4.78, 5) is 43.3. The molecule has 3 amide bonds. The van der Waals surface area contributed by atoms with Gasteiger partial charge in [-0.3, -0.25) is 14.4 Å². The van der Waals surface area contributed by atoms with Crippen molar-refractivity contribution in [1.82, 2.24) is 15.5 Å². The number of nitrogens with one attached hydrogen (secondary N) is 2. The normalized spacial score (nSPS) is 35.9. The van der Waals surface area contributed by atoms with Gasteiger partial charge in [-0.05, 0) is 37.1 Å². The van der Waals surface area contributed by atoms with Crippen LogP contribution in [0.5, 0.6) is 0 Å². The van der Waals surface area contributed by atoms with E-state index in [1.165, 1.54) is 6.42 Å². The zero-order valence-corrected chi connectivity index (χ0v) is 18.8. The Morgan fingerprint density at radius 2 is 1.97 bits per heavy atom. The molecule has 32 heavy (non-hydrogen) atoms. The molecule has 5 atom stereocenters. The first-order valence-corrected chi connectivity index (χ1v) is 12.8. The number of hydrogen-bond acceptors (Lipinski definition) is 5. The van der Waals surface area contributed by atoms with Crippen LogP contribution >= 0.6 is 11.3 Å². The predicted octanol–water partition coefficient (Wildman–Crippen LogP) is 2.13. The highest BCUT2D eigenvalue weighted by molar-refractivity contribution is 7.09. The lowest BCUT2D eigenvalue weighted by molar-refractivity contribution is -0.142. The monoisotopic (exact) mass is 455 g/mol. The van der Waals surface area contributed by atoms with Crippen LogP contribution in [0.4, 0.5) is 0 Å². The molecule has 4 fully saturated rings. The highest BCUT2D eigenvalue weighted by Crippen LogP contribution is 2.57. The van der Waals surface area contributed by atoms with Crippen LogP contribution < -0.4 is 10.6 Å². The first-order valence-electron chi connectivity index (χ1n) is 11.9. The van der Waals surface area contributed by atoms with Gasteiger partial charge in [-0.15, -0.1) is 11.3 Å². The van der Waals surface area contributed by atoms with E-state index in [1.807, 2.05) is 29.7 Å². The van der Waals surface area contributed by atoms with Crippen molar-refractivity contribution in [3.05, 3.63) is 34.5 Å². The molecule has 6 rings (SSSR count). The molecule has 1 spiro atoms. The second-order valence-electron chi connectivity index (χ2n) is 9.82. The average Bonchev–Trinajstić information content (AvgIpc) is 3.15. The predicted molar refractivity (Wildman–Crippen MR) is 119 cm³/mol. The number of amides is 3. The Morgan fingerprint density at radius 1 is 1.16 bits per heavy atom. The van der Waals surface area contributed by atoms with Gasteiger partial charge in [-0.1, -0.05) is 37.5 Å². The number of rotatable bonds is 6. The van der Waals surface area contributed by atoms with Gasteiger partial charge in [0.15, 0.2) is 0 Å². The van der Waals surface area contributed by atoms with Crippen LogP contribution in [0.25, 0.3) is 0 Å². The molecule has 2 saturated carbocycles. The summed E-state index contributed by atoms with van der Waals surface area (Å²) >= 11 is 1.59. The number of carbonyl (C=O) groups excluding carboxylic acids is 3. The van der Waals surface area contributed by atoms with Gasteiger partial charge in [0, 0.05) is 17.0 Å². The molecule has 170 valence electrons. The number of nitrogens with zero attached hydrogens (tertiary/aromatic N) is 1. The van der Waals surface area contributed by atoms with Crippen molar-refractivity contribution in [1.29, 1.82) is 0 Å². The molecule has 1 aromatic heterocycles. The van der Waals surface area contributed by atoms with Gasteiger partial charge in [0.1, 0.15) is 11.6 Å². The minimum Gasteiger partial charge on any atom is -0.359 e. The van der Waals surface area contributed by atoms with E-state index in [9.17, 15) is 14.4 Å². The molecule has 3 aliphatic heterocycles. The topological polar surface area (TPSA) is 87.7 Å². The molecule has 2 saturated heterocycles. The summed E-state index contributed by atoms with van der Waals surface area (Å²) in [6, 6.07) is 3.48. The minimum absolute atomic E-state index is 0.0791. The third-order valence-corrected chi connectivity index (χ3v) is 8.65. The molecule has 2 N–H and O–H groups in total. The van der Waals surface area contributed by atoms with Crippen LogP contribution in [-0.2, 0) is 25.7 Å². The SMILES string of the molecule is O=C(NCc1cccs1)[C@@H]1[C@H]2C=C[C@@]3(O2)[C@H]1C(=O)N(C1CC1)[C@@H]3C(=O)NC1CCCCC1. The van der Waals surface area contributed by atoms with E-state index in [1.54, 1.807) is 16.2 Å². The van der Waals surface area contributed by atoms with Gasteiger partial charge in [-0.25, -0.2) is 0 Å². The lowest BCUT2D eigenvalue weighted by Crippen LogP contribution is -2.57. The van der Waals surface area contributed by atoms with Gasteiger partial charge < -0.3 is 20.3 Å². The summed E-state index contributed by atoms with van der Waals surface area (Å²) in [5, 5.41) is 8.20. The van der Waals surface area contributed by atoms with Crippen molar-refractivity contribution < 1.29 is 19.1 Å². The highest BCUT2D eigenvalue weighted by atomic mass is 32.1. The fourth-order valence-corrected chi connectivity index (χ4v) is 6.83. The molecule has 2 bridgehead atoms. The molecule has 0 aromatic carbocycles. The quantitative estimate of drug-likeness (QED) is 0.644. The molecule has 1 aromatic rings. The van der Waals surface area contributed by atoms with Crippen LogP contribution in [0, 0.1) is 11.8 Å². The summed E-state index contributed by atoms with van der Waals surface area (Å²) in [7, 11) is 0. The lowest BCUT2D eigenvalue weighted by atomic mass is 9.74. The summed E-state index contributed by atoms with van der Waals surface area (Å²) in [5.41, 5.74) is -1.03. The van der Waals surface area contributed by atoms with Crippen LogP contribution in [0.15, 0.2) is 29.7 Å². The molecule has 8 heteroatoms. The molecule has 0 unspecified atom stereocenters. The number of likely N-dealkylation sites (tertiary alicyclic amines) is 1. The Balaban J connectivity index is 1.26. The van der Waals surface area contributed by atoms with E-state index in [2.05, 4.69) is 10.6 Å². The van der Waals surface area contributed by atoms with Crippen molar-refractivity contribution in [2.75, 3.05) is 0 Å². The van der Waals surface area contributed by atoms with Crippen LogP contribution in [-0.4, -0.2) is 52.5 Å². The Kier molecular flexibility index (Phi) is 4.91. The summed E-state index contributed by atoms with van der Waals surface area (Å²) < 4.78 is 6.36. The van der Waals surface area contributed by atoms with Gasteiger partial charge in [-0.2, -0.15) is 0 Å². The third kappa shape index (κ3) is 3.14. The standard InChI is InChI=1S/C24H29N3O4S/c28-21(25-13-16-7-4-12-32-16)18-17-10-11-24(31-17)19(18)23(30)27(15-8-9-15)20(24)22(29)26-14-5-2-1-3-6-14/h4,7,10-12,14-15,17-20H,1-3,5-6,8-9,13H2,(H,25,28)(H,26,29)/t17-,18-,19-,20-,24-/m1/s1. The smallest absolute Gasteiger partial charge is 0.246 e. The number of hydrogen-bond donors (Lipinski definition) is 2. The zero-order chi connectivity index (χ0) is 21.9. The van der Waals surface area contributed by atoms with E-state index in [-0.39, 0.29) is 29.8 Å². The minimum atomic E-state index is -1.03. The van der Waals surface area contributed by atoms with E-state index >= 15 is 0 Å². The Hall–Kier alpha value is -2.19. The summed E-state index contributed by atoms with van der Waals surface area (Å²) in [6.07, 6.45) is 10.6. The van der Waals surface area contributed by atoms with Crippen LogP contribution in [0.3, 0.4) is 0 Å². The van der Waals surface area contributed by atoms with Gasteiger partial charge >= 0.3 is 0 Å². The molecule has 0 radical (unpaired) electrons. The maximum Gasteiger partial charge on any atom is 0.246 e. The molecular formula is C24H29N3O4S. The first-order chi connectivity index (χ1) is 15.6. The Bertz CT molecular complexity index is 952. The van der Waals surface area contributed by atoms with Crippen molar-refractivity contribution in [2.24, 2.45) is 11.8 Å². The van der Waals surface area contributed by atoms with E-state index in [0.29, 0.717) is 6.54 Å². The van der Waals surface area contributed by atoms with Crippen LogP contribution in [0.2, 0.25) is 0 Å². The molecule has 2 aliphatic carbocycles. The number of fused-ring (bicyclic) bond motifs is 1. The second kappa shape index (κ2) is 7.70. The maximum atomic E-state index is 13.7. The van der Waals surface area contributed by atoms with Gasteiger partial charge in [0.2, 0.25) is 17.7 Å².